The highest BCUT2D eigenvalue weighted by atomic mass is 16.5. The highest BCUT2D eigenvalue weighted by Crippen LogP contribution is 2.16. The average molecular weight is 261 g/mol. The van der Waals surface area contributed by atoms with E-state index in [0.29, 0.717) is 6.04 Å². The second-order valence-electron chi connectivity index (χ2n) is 4.93. The number of hydrogen-bond donors (Lipinski definition) is 1. The van der Waals surface area contributed by atoms with Crippen molar-refractivity contribution in [3.63, 3.8) is 0 Å². The number of rotatable bonds is 10. The van der Waals surface area contributed by atoms with Gasteiger partial charge in [0.2, 0.25) is 0 Å². The smallest absolute Gasteiger partial charge is 0.119 e. The lowest BCUT2D eigenvalue weighted by Crippen LogP contribution is -2.31. The van der Waals surface area contributed by atoms with E-state index in [9.17, 15) is 0 Å². The summed E-state index contributed by atoms with van der Waals surface area (Å²) in [5, 5.41) is 3.64. The summed E-state index contributed by atoms with van der Waals surface area (Å²) in [6, 6.07) is 8.92. The Labute approximate surface area is 117 Å². The Morgan fingerprint density at radius 3 is 2.95 bits per heavy atom. The molecule has 1 unspecified atom stereocenters. The van der Waals surface area contributed by atoms with Gasteiger partial charge in [0.1, 0.15) is 5.75 Å². The highest BCUT2D eigenvalue weighted by molar-refractivity contribution is 5.28. The van der Waals surface area contributed by atoms with Crippen LogP contribution in [0.3, 0.4) is 0 Å². The van der Waals surface area contributed by atoms with Gasteiger partial charge in [-0.15, -0.1) is 6.58 Å². The van der Waals surface area contributed by atoms with Gasteiger partial charge in [0, 0.05) is 6.04 Å². The van der Waals surface area contributed by atoms with Gasteiger partial charge in [0.25, 0.3) is 0 Å². The Morgan fingerprint density at radius 1 is 1.42 bits per heavy atom. The fourth-order valence-electron chi connectivity index (χ4n) is 2.22. The number of nitrogens with one attached hydrogen (secondary N) is 1. The second-order valence-corrected chi connectivity index (χ2v) is 4.93. The van der Waals surface area contributed by atoms with E-state index in [0.717, 1.165) is 25.1 Å². The van der Waals surface area contributed by atoms with Gasteiger partial charge < -0.3 is 10.1 Å². The van der Waals surface area contributed by atoms with E-state index in [1.807, 2.05) is 12.1 Å². The molecule has 2 heteroatoms. The molecule has 0 saturated carbocycles. The van der Waals surface area contributed by atoms with Crippen LogP contribution in [0.5, 0.6) is 5.75 Å². The fourth-order valence-corrected chi connectivity index (χ4v) is 2.22. The summed E-state index contributed by atoms with van der Waals surface area (Å²) in [6.45, 7) is 7.08. The number of methoxy groups -OCH3 is 1. The normalized spacial score (nSPS) is 12.1. The molecule has 1 atom stereocenters. The number of allylic oxidation sites excluding steroid dienone is 1. The molecule has 1 N–H and O–H groups in total. The van der Waals surface area contributed by atoms with Gasteiger partial charge in [-0.1, -0.05) is 25.1 Å². The molecular weight excluding hydrogens is 234 g/mol. The van der Waals surface area contributed by atoms with Gasteiger partial charge >= 0.3 is 0 Å². The van der Waals surface area contributed by atoms with E-state index in [4.69, 9.17) is 4.74 Å². The van der Waals surface area contributed by atoms with Crippen LogP contribution in [0, 0.1) is 0 Å². The van der Waals surface area contributed by atoms with Crippen molar-refractivity contribution in [1.82, 2.24) is 5.32 Å². The first kappa shape index (κ1) is 15.8. The summed E-state index contributed by atoms with van der Waals surface area (Å²) >= 11 is 0. The molecule has 1 aromatic rings. The maximum absolute atomic E-state index is 5.28. The first-order valence-corrected chi connectivity index (χ1v) is 7.27. The third kappa shape index (κ3) is 6.44. The quantitative estimate of drug-likeness (QED) is 0.508. The van der Waals surface area contributed by atoms with Gasteiger partial charge in [-0.25, -0.2) is 0 Å². The van der Waals surface area contributed by atoms with Crippen molar-refractivity contribution in [2.24, 2.45) is 0 Å². The summed E-state index contributed by atoms with van der Waals surface area (Å²) in [5.41, 5.74) is 1.34. The Balaban J connectivity index is 2.55. The van der Waals surface area contributed by atoms with Crippen LogP contribution in [0.25, 0.3) is 0 Å². The molecule has 19 heavy (non-hydrogen) atoms. The van der Waals surface area contributed by atoms with Crippen LogP contribution in [0.2, 0.25) is 0 Å². The van der Waals surface area contributed by atoms with Crippen LogP contribution in [0.4, 0.5) is 0 Å². The molecular formula is C17H27NO. The van der Waals surface area contributed by atoms with Crippen LogP contribution < -0.4 is 10.1 Å². The Morgan fingerprint density at radius 2 is 2.26 bits per heavy atom. The number of unbranched alkanes of at least 4 members (excludes halogenated alkanes) is 1. The molecule has 1 aromatic carbocycles. The zero-order valence-electron chi connectivity index (χ0n) is 12.3. The fraction of sp³-hybridized carbons (Fsp3) is 0.529. The SMILES string of the molecule is C=CCCCC(Cc1cccc(OC)c1)NCCC. The molecule has 1 rings (SSSR count). The van der Waals surface area contributed by atoms with Crippen molar-refractivity contribution in [2.75, 3.05) is 13.7 Å². The minimum Gasteiger partial charge on any atom is -0.497 e. The van der Waals surface area contributed by atoms with E-state index in [1.54, 1.807) is 7.11 Å². The molecule has 0 fully saturated rings. The van der Waals surface area contributed by atoms with E-state index >= 15 is 0 Å². The van der Waals surface area contributed by atoms with Gasteiger partial charge in [0.15, 0.2) is 0 Å². The van der Waals surface area contributed by atoms with Crippen LogP contribution in [0.1, 0.15) is 38.2 Å². The molecule has 106 valence electrons. The van der Waals surface area contributed by atoms with Gasteiger partial charge in [-0.2, -0.15) is 0 Å². The molecule has 0 aliphatic rings. The zero-order valence-corrected chi connectivity index (χ0v) is 12.3. The second kappa shape index (κ2) is 9.62. The summed E-state index contributed by atoms with van der Waals surface area (Å²) in [6.07, 6.45) is 7.74. The lowest BCUT2D eigenvalue weighted by Gasteiger charge is -2.18. The molecule has 0 spiro atoms. The maximum Gasteiger partial charge on any atom is 0.119 e. The Kier molecular flexibility index (Phi) is 7.99. The summed E-state index contributed by atoms with van der Waals surface area (Å²) in [4.78, 5) is 0. The van der Waals surface area contributed by atoms with Crippen LogP contribution in [0.15, 0.2) is 36.9 Å². The largest absolute Gasteiger partial charge is 0.497 e. The van der Waals surface area contributed by atoms with E-state index in [2.05, 4.69) is 37.0 Å². The summed E-state index contributed by atoms with van der Waals surface area (Å²) in [5.74, 6) is 0.942. The van der Waals surface area contributed by atoms with Crippen LogP contribution >= 0.6 is 0 Å². The molecule has 0 aliphatic heterocycles. The average Bonchev–Trinajstić information content (AvgIpc) is 2.45. The third-order valence-electron chi connectivity index (χ3n) is 3.26. The lowest BCUT2D eigenvalue weighted by atomic mass is 10.0. The van der Waals surface area contributed by atoms with Gasteiger partial charge in [-0.05, 0) is 56.3 Å². The van der Waals surface area contributed by atoms with E-state index in [-0.39, 0.29) is 0 Å². The minimum absolute atomic E-state index is 0.548. The predicted octanol–water partition coefficient (Wildman–Crippen LogP) is 3.96. The lowest BCUT2D eigenvalue weighted by molar-refractivity contribution is 0.413. The van der Waals surface area contributed by atoms with Crippen molar-refractivity contribution in [3.05, 3.63) is 42.5 Å². The summed E-state index contributed by atoms with van der Waals surface area (Å²) < 4.78 is 5.28. The Bertz CT molecular complexity index is 362. The van der Waals surface area contributed by atoms with Gasteiger partial charge in [-0.3, -0.25) is 0 Å². The molecule has 0 saturated heterocycles. The van der Waals surface area contributed by atoms with Crippen molar-refractivity contribution in [1.29, 1.82) is 0 Å². The number of hydrogen-bond acceptors (Lipinski definition) is 2. The van der Waals surface area contributed by atoms with Crippen LogP contribution in [-0.4, -0.2) is 19.7 Å². The topological polar surface area (TPSA) is 21.3 Å². The third-order valence-corrected chi connectivity index (χ3v) is 3.26. The monoisotopic (exact) mass is 261 g/mol. The number of benzene rings is 1. The molecule has 0 bridgehead atoms. The van der Waals surface area contributed by atoms with Crippen molar-refractivity contribution >= 4 is 0 Å². The molecule has 0 radical (unpaired) electrons. The van der Waals surface area contributed by atoms with Crippen molar-refractivity contribution in [2.45, 2.75) is 45.1 Å². The Hall–Kier alpha value is -1.28. The molecule has 0 aliphatic carbocycles. The van der Waals surface area contributed by atoms with E-state index in [1.165, 1.54) is 24.8 Å². The predicted molar refractivity (Wildman–Crippen MR) is 82.8 cm³/mol. The van der Waals surface area contributed by atoms with E-state index < -0.39 is 0 Å². The van der Waals surface area contributed by atoms with Gasteiger partial charge in [0.05, 0.1) is 7.11 Å². The highest BCUT2D eigenvalue weighted by Gasteiger charge is 2.08. The van der Waals surface area contributed by atoms with Crippen LogP contribution in [-0.2, 0) is 6.42 Å². The molecule has 0 aromatic heterocycles. The molecule has 2 nitrogen and oxygen atoms in total. The zero-order chi connectivity index (χ0) is 13.9. The van der Waals surface area contributed by atoms with Crippen molar-refractivity contribution < 1.29 is 4.74 Å². The standard InChI is InChI=1S/C17H27NO/c1-4-6-7-10-16(18-12-5-2)13-15-9-8-11-17(14-15)19-3/h4,8-9,11,14,16,18H,1,5-7,10,12-13H2,2-3H3. The minimum atomic E-state index is 0.548. The molecule has 0 amide bonds. The summed E-state index contributed by atoms with van der Waals surface area (Å²) in [7, 11) is 1.72. The maximum atomic E-state index is 5.28. The first-order valence-electron chi connectivity index (χ1n) is 7.27. The number of ether oxygens (including phenoxy) is 1. The van der Waals surface area contributed by atoms with Crippen molar-refractivity contribution in [3.8, 4) is 5.75 Å². The first-order chi connectivity index (χ1) is 9.30. The molecule has 0 heterocycles.